The summed E-state index contributed by atoms with van der Waals surface area (Å²) in [6, 6.07) is 13.7. The number of amides is 1. The van der Waals surface area contributed by atoms with Crippen molar-refractivity contribution in [3.8, 4) is 5.69 Å². The van der Waals surface area contributed by atoms with E-state index in [1.54, 1.807) is 0 Å². The summed E-state index contributed by atoms with van der Waals surface area (Å²) >= 11 is 5.25. The van der Waals surface area contributed by atoms with Crippen LogP contribution in [-0.2, 0) is 11.5 Å². The number of hydrogen-bond donors (Lipinski definition) is 1. The molecule has 1 aliphatic heterocycles. The molecule has 1 aliphatic rings. The number of carbonyl (C=O) groups is 1. The van der Waals surface area contributed by atoms with Crippen molar-refractivity contribution >= 4 is 39.4 Å². The van der Waals surface area contributed by atoms with Crippen molar-refractivity contribution in [1.82, 2.24) is 9.78 Å². The number of rotatable bonds is 3. The lowest BCUT2D eigenvalue weighted by Crippen LogP contribution is -2.16. The maximum atomic E-state index is 12.8. The fraction of sp³-hybridized carbons (Fsp3) is 0.200. The Morgan fingerprint density at radius 3 is 2.81 bits per heavy atom. The molecule has 0 saturated carbocycles. The molecule has 0 bridgehead atoms. The summed E-state index contributed by atoms with van der Waals surface area (Å²) in [4.78, 5) is 12.8. The standard InChI is InChI=1S/C20H18BrN3OS/c1-12-6-7-18(13(2)8-12)24-19(16-10-26-11-17(16)23-24)22-20(25)14-4-3-5-15(21)9-14/h3-9H,10-11H2,1-2H3,(H,22,25). The first-order chi connectivity index (χ1) is 12.5. The van der Waals surface area contributed by atoms with Gasteiger partial charge in [-0.3, -0.25) is 4.79 Å². The Morgan fingerprint density at radius 2 is 2.04 bits per heavy atom. The van der Waals surface area contributed by atoms with Gasteiger partial charge in [-0.25, -0.2) is 4.68 Å². The smallest absolute Gasteiger partial charge is 0.256 e. The molecule has 4 nitrogen and oxygen atoms in total. The van der Waals surface area contributed by atoms with Gasteiger partial charge in [0.2, 0.25) is 0 Å². The highest BCUT2D eigenvalue weighted by Gasteiger charge is 2.25. The molecule has 1 aromatic heterocycles. The number of nitrogens with one attached hydrogen (secondary N) is 1. The van der Waals surface area contributed by atoms with Gasteiger partial charge in [0.15, 0.2) is 0 Å². The van der Waals surface area contributed by atoms with Crippen molar-refractivity contribution in [1.29, 1.82) is 0 Å². The van der Waals surface area contributed by atoms with E-state index in [0.29, 0.717) is 5.56 Å². The van der Waals surface area contributed by atoms with Crippen molar-refractivity contribution < 1.29 is 4.79 Å². The van der Waals surface area contributed by atoms with Crippen molar-refractivity contribution in [2.45, 2.75) is 25.4 Å². The van der Waals surface area contributed by atoms with Crippen LogP contribution in [-0.4, -0.2) is 15.7 Å². The highest BCUT2D eigenvalue weighted by atomic mass is 79.9. The van der Waals surface area contributed by atoms with Gasteiger partial charge in [0, 0.05) is 27.1 Å². The van der Waals surface area contributed by atoms with Crippen LogP contribution in [0.5, 0.6) is 0 Å². The van der Waals surface area contributed by atoms with Gasteiger partial charge in [0.1, 0.15) is 5.82 Å². The number of hydrogen-bond acceptors (Lipinski definition) is 3. The number of thioether (sulfide) groups is 1. The third-order valence-electron chi connectivity index (χ3n) is 4.45. The number of anilines is 1. The van der Waals surface area contributed by atoms with Crippen LogP contribution in [0.1, 0.15) is 32.7 Å². The molecule has 0 unspecified atom stereocenters. The Hall–Kier alpha value is -2.05. The van der Waals surface area contributed by atoms with Crippen LogP contribution < -0.4 is 5.32 Å². The molecule has 1 amide bonds. The van der Waals surface area contributed by atoms with Gasteiger partial charge in [-0.1, -0.05) is 39.7 Å². The highest BCUT2D eigenvalue weighted by molar-refractivity contribution is 9.10. The highest BCUT2D eigenvalue weighted by Crippen LogP contribution is 2.36. The van der Waals surface area contributed by atoms with Crippen LogP contribution in [0.3, 0.4) is 0 Å². The van der Waals surface area contributed by atoms with E-state index < -0.39 is 0 Å². The quantitative estimate of drug-likeness (QED) is 0.620. The van der Waals surface area contributed by atoms with Gasteiger partial charge in [0.25, 0.3) is 5.91 Å². The average molecular weight is 428 g/mol. The molecule has 0 fully saturated rings. The molecular weight excluding hydrogens is 410 g/mol. The minimum Gasteiger partial charge on any atom is -0.306 e. The lowest BCUT2D eigenvalue weighted by molar-refractivity contribution is 0.102. The van der Waals surface area contributed by atoms with Crippen molar-refractivity contribution in [2.75, 3.05) is 5.32 Å². The molecule has 1 N–H and O–H groups in total. The molecule has 26 heavy (non-hydrogen) atoms. The number of nitrogens with zero attached hydrogens (tertiary/aromatic N) is 2. The fourth-order valence-corrected chi connectivity index (χ4v) is 4.60. The lowest BCUT2D eigenvalue weighted by atomic mass is 10.1. The van der Waals surface area contributed by atoms with E-state index in [9.17, 15) is 4.79 Å². The predicted octanol–water partition coefficient (Wildman–Crippen LogP) is 5.25. The van der Waals surface area contributed by atoms with Gasteiger partial charge < -0.3 is 5.32 Å². The normalized spacial score (nSPS) is 12.9. The second-order valence-electron chi connectivity index (χ2n) is 6.43. The van der Waals surface area contributed by atoms with Gasteiger partial charge in [0.05, 0.1) is 11.4 Å². The van der Waals surface area contributed by atoms with Crippen LogP contribution in [0.15, 0.2) is 46.9 Å². The van der Waals surface area contributed by atoms with Crippen LogP contribution in [0.2, 0.25) is 0 Å². The summed E-state index contributed by atoms with van der Waals surface area (Å²) < 4.78 is 2.77. The molecule has 2 aromatic carbocycles. The maximum Gasteiger partial charge on any atom is 0.256 e. The van der Waals surface area contributed by atoms with Crippen molar-refractivity contribution in [3.05, 3.63) is 74.9 Å². The number of aromatic nitrogens is 2. The van der Waals surface area contributed by atoms with Crippen LogP contribution in [0, 0.1) is 13.8 Å². The number of halogens is 1. The second kappa shape index (κ2) is 6.93. The summed E-state index contributed by atoms with van der Waals surface area (Å²) in [5, 5.41) is 7.89. The molecule has 3 aromatic rings. The Labute approximate surface area is 165 Å². The minimum absolute atomic E-state index is 0.128. The Balaban J connectivity index is 1.77. The van der Waals surface area contributed by atoms with Crippen LogP contribution in [0.4, 0.5) is 5.82 Å². The predicted molar refractivity (Wildman–Crippen MR) is 110 cm³/mol. The summed E-state index contributed by atoms with van der Waals surface area (Å²) in [5.74, 6) is 2.40. The SMILES string of the molecule is Cc1ccc(-n2nc3c(c2NC(=O)c2cccc(Br)c2)CSC3)c(C)c1. The third-order valence-corrected chi connectivity index (χ3v) is 5.91. The number of carbonyl (C=O) groups excluding carboxylic acids is 1. The third kappa shape index (κ3) is 3.19. The van der Waals surface area contributed by atoms with E-state index in [4.69, 9.17) is 5.10 Å². The zero-order valence-corrected chi connectivity index (χ0v) is 16.9. The molecule has 0 aliphatic carbocycles. The molecule has 4 rings (SSSR count). The molecular formula is C20H18BrN3OS. The zero-order valence-electron chi connectivity index (χ0n) is 14.5. The first-order valence-corrected chi connectivity index (χ1v) is 10.3. The molecule has 0 saturated heterocycles. The van der Waals surface area contributed by atoms with E-state index in [1.807, 2.05) is 40.7 Å². The zero-order chi connectivity index (χ0) is 18.3. The summed E-state index contributed by atoms with van der Waals surface area (Å²) in [6.45, 7) is 4.15. The second-order valence-corrected chi connectivity index (χ2v) is 8.33. The molecule has 0 radical (unpaired) electrons. The van der Waals surface area contributed by atoms with Gasteiger partial charge >= 0.3 is 0 Å². The van der Waals surface area contributed by atoms with Crippen LogP contribution >= 0.6 is 27.7 Å². The summed E-state index contributed by atoms with van der Waals surface area (Å²) in [5.41, 5.74) is 6.14. The Kier molecular flexibility index (Phi) is 4.63. The van der Waals surface area contributed by atoms with E-state index in [2.05, 4.69) is 53.3 Å². The fourth-order valence-electron chi connectivity index (χ4n) is 3.17. The molecule has 0 atom stereocenters. The monoisotopic (exact) mass is 427 g/mol. The van der Waals surface area contributed by atoms with E-state index in [0.717, 1.165) is 44.3 Å². The molecule has 0 spiro atoms. The minimum atomic E-state index is -0.128. The number of fused-ring (bicyclic) bond motifs is 1. The Bertz CT molecular complexity index is 1010. The Morgan fingerprint density at radius 1 is 1.19 bits per heavy atom. The molecule has 2 heterocycles. The van der Waals surface area contributed by atoms with Crippen molar-refractivity contribution in [2.24, 2.45) is 0 Å². The topological polar surface area (TPSA) is 46.9 Å². The first-order valence-electron chi connectivity index (χ1n) is 8.36. The lowest BCUT2D eigenvalue weighted by Gasteiger charge is -2.13. The molecule has 132 valence electrons. The van der Waals surface area contributed by atoms with Crippen LogP contribution in [0.25, 0.3) is 5.69 Å². The van der Waals surface area contributed by atoms with E-state index in [1.165, 1.54) is 5.56 Å². The van der Waals surface area contributed by atoms with Gasteiger partial charge in [-0.15, -0.1) is 0 Å². The maximum absolute atomic E-state index is 12.8. The van der Waals surface area contributed by atoms with Crippen molar-refractivity contribution in [3.63, 3.8) is 0 Å². The summed E-state index contributed by atoms with van der Waals surface area (Å²) in [7, 11) is 0. The number of benzene rings is 2. The van der Waals surface area contributed by atoms with E-state index >= 15 is 0 Å². The average Bonchev–Trinajstić information content (AvgIpc) is 3.18. The number of aryl methyl sites for hydroxylation is 2. The first kappa shape index (κ1) is 17.4. The largest absolute Gasteiger partial charge is 0.306 e. The van der Waals surface area contributed by atoms with Gasteiger partial charge in [-0.2, -0.15) is 16.9 Å². The van der Waals surface area contributed by atoms with E-state index in [-0.39, 0.29) is 5.91 Å². The summed E-state index contributed by atoms with van der Waals surface area (Å²) in [6.07, 6.45) is 0. The van der Waals surface area contributed by atoms with Gasteiger partial charge in [-0.05, 0) is 43.7 Å². The molecule has 6 heteroatoms.